The number of rotatable bonds is 10. The number of ether oxygens (including phenoxy) is 1. The highest BCUT2D eigenvalue weighted by Gasteiger charge is 2.48. The highest BCUT2D eigenvalue weighted by Crippen LogP contribution is 2.51. The molecule has 1 aliphatic heterocycles. The number of alkyl halides is 4. The SMILES string of the molecule is CN1[C@H](CCC(C)(F)F)CN(c2ccccc2)c2cc(SC3CC(F)(F)C3)c(OCC3(C(=O)O)CCC3)cc2S1(=O)=O. The van der Waals surface area contributed by atoms with Crippen molar-refractivity contribution in [1.29, 1.82) is 0 Å². The maximum absolute atomic E-state index is 14.0. The standard InChI is InChI=1S/C29H34F4N2O5S2/c1-27(30,31)12-9-20-17-35(19-7-4-3-5-8-19)22-13-24(41-21-15-29(32,33)16-21)23(14-25(22)42(38,39)34(20)2)40-18-28(26(36)37)10-6-11-28/h3-5,7-8,13-14,20-21H,6,9-12,15-18H2,1-2H3,(H,36,37)/t20-/m1/s1. The summed E-state index contributed by atoms with van der Waals surface area (Å²) in [4.78, 5) is 14.0. The molecule has 2 saturated carbocycles. The third-order valence-corrected chi connectivity index (χ3v) is 11.7. The summed E-state index contributed by atoms with van der Waals surface area (Å²) in [6, 6.07) is 11.0. The van der Waals surface area contributed by atoms with Gasteiger partial charge in [-0.25, -0.2) is 26.0 Å². The van der Waals surface area contributed by atoms with Gasteiger partial charge in [-0.05, 0) is 44.4 Å². The maximum Gasteiger partial charge on any atom is 0.313 e. The van der Waals surface area contributed by atoms with Gasteiger partial charge in [0.2, 0.25) is 21.9 Å². The molecule has 0 aromatic heterocycles. The monoisotopic (exact) mass is 630 g/mol. The van der Waals surface area contributed by atoms with Gasteiger partial charge in [0.1, 0.15) is 22.7 Å². The van der Waals surface area contributed by atoms with E-state index in [-0.39, 0.29) is 48.7 Å². The molecule has 13 heteroatoms. The van der Waals surface area contributed by atoms with Crippen LogP contribution in [0.5, 0.6) is 5.75 Å². The molecular formula is C29H34F4N2O5S2. The van der Waals surface area contributed by atoms with Crippen LogP contribution in [0.2, 0.25) is 0 Å². The molecule has 2 aromatic carbocycles. The van der Waals surface area contributed by atoms with E-state index in [9.17, 15) is 35.9 Å². The number of para-hydroxylation sites is 1. The van der Waals surface area contributed by atoms with Gasteiger partial charge >= 0.3 is 5.97 Å². The number of nitrogens with zero attached hydrogens (tertiary/aromatic N) is 2. The Hall–Kier alpha value is -2.51. The molecule has 3 aliphatic rings. The minimum Gasteiger partial charge on any atom is -0.491 e. The molecule has 0 unspecified atom stereocenters. The van der Waals surface area contributed by atoms with Crippen LogP contribution >= 0.6 is 11.8 Å². The molecule has 0 spiro atoms. The van der Waals surface area contributed by atoms with E-state index in [1.54, 1.807) is 41.3 Å². The first-order valence-electron chi connectivity index (χ1n) is 13.9. The van der Waals surface area contributed by atoms with Crippen LogP contribution in [0.3, 0.4) is 0 Å². The van der Waals surface area contributed by atoms with Crippen LogP contribution in [0.15, 0.2) is 52.3 Å². The number of fused-ring (bicyclic) bond motifs is 1. The Morgan fingerprint density at radius 3 is 2.38 bits per heavy atom. The topological polar surface area (TPSA) is 87.2 Å². The first-order chi connectivity index (χ1) is 19.6. The lowest BCUT2D eigenvalue weighted by atomic mass is 9.69. The molecule has 0 bridgehead atoms. The number of hydrogen-bond donors (Lipinski definition) is 1. The molecule has 0 amide bonds. The van der Waals surface area contributed by atoms with E-state index in [1.807, 2.05) is 0 Å². The van der Waals surface area contributed by atoms with Crippen molar-refractivity contribution in [1.82, 2.24) is 4.31 Å². The van der Waals surface area contributed by atoms with E-state index in [0.717, 1.165) is 29.4 Å². The predicted molar refractivity (Wildman–Crippen MR) is 152 cm³/mol. The van der Waals surface area contributed by atoms with Crippen molar-refractivity contribution in [3.05, 3.63) is 42.5 Å². The highest BCUT2D eigenvalue weighted by molar-refractivity contribution is 8.00. The largest absolute Gasteiger partial charge is 0.491 e. The lowest BCUT2D eigenvalue weighted by Gasteiger charge is -2.38. The third-order valence-electron chi connectivity index (χ3n) is 8.48. The number of anilines is 2. The van der Waals surface area contributed by atoms with Gasteiger partial charge in [0.25, 0.3) is 0 Å². The van der Waals surface area contributed by atoms with Gasteiger partial charge in [-0.3, -0.25) is 4.79 Å². The molecule has 2 fully saturated rings. The lowest BCUT2D eigenvalue weighted by molar-refractivity contribution is -0.157. The fraction of sp³-hybridized carbons (Fsp3) is 0.552. The lowest BCUT2D eigenvalue weighted by Crippen LogP contribution is -2.43. The first-order valence-corrected chi connectivity index (χ1v) is 16.2. The second-order valence-corrected chi connectivity index (χ2v) is 15.0. The minimum absolute atomic E-state index is 0.0801. The zero-order valence-electron chi connectivity index (χ0n) is 23.4. The number of hydrogen-bond acceptors (Lipinski definition) is 6. The smallest absolute Gasteiger partial charge is 0.313 e. The fourth-order valence-electron chi connectivity index (χ4n) is 5.58. The quantitative estimate of drug-likeness (QED) is 0.290. The molecule has 230 valence electrons. The Balaban J connectivity index is 1.60. The summed E-state index contributed by atoms with van der Waals surface area (Å²) in [5.74, 6) is -6.67. The van der Waals surface area contributed by atoms with E-state index >= 15 is 0 Å². The first kappa shape index (κ1) is 30.9. The van der Waals surface area contributed by atoms with Crippen LogP contribution < -0.4 is 9.64 Å². The number of aliphatic carboxylic acids is 1. The second kappa shape index (κ2) is 11.2. The Bertz CT molecular complexity index is 1420. The van der Waals surface area contributed by atoms with Crippen LogP contribution in [-0.4, -0.2) is 67.1 Å². The summed E-state index contributed by atoms with van der Waals surface area (Å²) in [5.41, 5.74) is -0.187. The van der Waals surface area contributed by atoms with E-state index < -0.39 is 51.0 Å². The van der Waals surface area contributed by atoms with E-state index in [4.69, 9.17) is 4.74 Å². The van der Waals surface area contributed by atoms with Crippen LogP contribution in [-0.2, 0) is 14.8 Å². The summed E-state index contributed by atoms with van der Waals surface area (Å²) in [5, 5.41) is 9.36. The van der Waals surface area contributed by atoms with Crippen molar-refractivity contribution >= 4 is 39.1 Å². The molecule has 0 saturated heterocycles. The minimum atomic E-state index is -4.23. The number of likely N-dealkylation sites (N-methyl/N-ethyl adjacent to an activating group) is 1. The molecule has 2 aromatic rings. The van der Waals surface area contributed by atoms with Crippen molar-refractivity contribution < 1.29 is 40.6 Å². The number of halogens is 4. The Kier molecular flexibility index (Phi) is 8.25. The molecule has 7 nitrogen and oxygen atoms in total. The average molecular weight is 631 g/mol. The molecule has 42 heavy (non-hydrogen) atoms. The predicted octanol–water partition coefficient (Wildman–Crippen LogP) is 6.79. The number of carboxylic acid groups (broad SMARTS) is 1. The second-order valence-electron chi connectivity index (χ2n) is 11.7. The zero-order valence-corrected chi connectivity index (χ0v) is 25.0. The number of carboxylic acids is 1. The van der Waals surface area contributed by atoms with Crippen molar-refractivity contribution in [3.8, 4) is 5.75 Å². The number of thioether (sulfide) groups is 1. The van der Waals surface area contributed by atoms with Crippen molar-refractivity contribution in [2.24, 2.45) is 5.41 Å². The van der Waals surface area contributed by atoms with Crippen LogP contribution in [0, 0.1) is 5.41 Å². The molecule has 1 heterocycles. The van der Waals surface area contributed by atoms with E-state index in [2.05, 4.69) is 0 Å². The Morgan fingerprint density at radius 1 is 1.17 bits per heavy atom. The summed E-state index contributed by atoms with van der Waals surface area (Å²) in [7, 11) is -2.87. The van der Waals surface area contributed by atoms with E-state index in [0.29, 0.717) is 23.4 Å². The number of carbonyl (C=O) groups is 1. The number of sulfonamides is 1. The van der Waals surface area contributed by atoms with E-state index in [1.165, 1.54) is 13.1 Å². The molecule has 5 rings (SSSR count). The summed E-state index contributed by atoms with van der Waals surface area (Å²) < 4.78 is 90.4. The van der Waals surface area contributed by atoms with Crippen LogP contribution in [0.1, 0.15) is 51.9 Å². The Labute approximate surface area is 247 Å². The van der Waals surface area contributed by atoms with Crippen LogP contribution in [0.25, 0.3) is 0 Å². The summed E-state index contributed by atoms with van der Waals surface area (Å²) >= 11 is 1.15. The van der Waals surface area contributed by atoms with Gasteiger partial charge in [0.15, 0.2) is 0 Å². The molecule has 0 radical (unpaired) electrons. The maximum atomic E-state index is 14.0. The van der Waals surface area contributed by atoms with Gasteiger partial charge in [0, 0.05) is 55.9 Å². The van der Waals surface area contributed by atoms with Gasteiger partial charge in [-0.15, -0.1) is 11.8 Å². The summed E-state index contributed by atoms with van der Waals surface area (Å²) in [6.45, 7) is 0.684. The Morgan fingerprint density at radius 2 is 1.83 bits per heavy atom. The average Bonchev–Trinajstić information content (AvgIpc) is 2.94. The van der Waals surface area contributed by atoms with Gasteiger partial charge in [0.05, 0.1) is 10.6 Å². The summed E-state index contributed by atoms with van der Waals surface area (Å²) in [6.07, 6.45) is 0.253. The molecular weight excluding hydrogens is 596 g/mol. The molecule has 2 aliphatic carbocycles. The van der Waals surface area contributed by atoms with Crippen molar-refractivity contribution in [3.63, 3.8) is 0 Å². The van der Waals surface area contributed by atoms with Gasteiger partial charge < -0.3 is 14.7 Å². The normalized spacial score (nSPS) is 23.3. The molecule has 1 N–H and O–H groups in total. The third kappa shape index (κ3) is 6.23. The zero-order chi connectivity index (χ0) is 30.5. The fourth-order valence-corrected chi connectivity index (χ4v) is 8.57. The van der Waals surface area contributed by atoms with Gasteiger partial charge in [-0.1, -0.05) is 24.6 Å². The molecule has 1 atom stereocenters. The van der Waals surface area contributed by atoms with Crippen LogP contribution in [0.4, 0.5) is 28.9 Å². The highest BCUT2D eigenvalue weighted by atomic mass is 32.2. The van der Waals surface area contributed by atoms with Crippen molar-refractivity contribution in [2.45, 2.75) is 84.8 Å². The number of benzene rings is 2. The van der Waals surface area contributed by atoms with Gasteiger partial charge in [-0.2, -0.15) is 4.31 Å². The van der Waals surface area contributed by atoms with Crippen molar-refractivity contribution in [2.75, 3.05) is 25.1 Å².